The molecule has 0 aliphatic rings. The summed E-state index contributed by atoms with van der Waals surface area (Å²) < 4.78 is 0. The van der Waals surface area contributed by atoms with E-state index in [0.29, 0.717) is 5.56 Å². The van der Waals surface area contributed by atoms with Crippen LogP contribution in [-0.4, -0.2) is 9.91 Å². The summed E-state index contributed by atoms with van der Waals surface area (Å²) in [5, 5.41) is 11.4. The number of pyridine rings is 1. The number of nitro groups is 1. The van der Waals surface area contributed by atoms with Crippen molar-refractivity contribution in [3.05, 3.63) is 106 Å². The van der Waals surface area contributed by atoms with Crippen LogP contribution >= 0.6 is 0 Å². The van der Waals surface area contributed by atoms with Gasteiger partial charge in [0.25, 0.3) is 5.69 Å². The van der Waals surface area contributed by atoms with Crippen LogP contribution in [0, 0.1) is 10.1 Å². The zero-order valence-corrected chi connectivity index (χ0v) is 12.3. The van der Waals surface area contributed by atoms with Gasteiger partial charge in [-0.1, -0.05) is 42.5 Å². The molecule has 1 aromatic heterocycles. The molecule has 0 saturated heterocycles. The van der Waals surface area contributed by atoms with Gasteiger partial charge in [-0.3, -0.25) is 15.1 Å². The Bertz CT molecular complexity index is 844. The van der Waals surface area contributed by atoms with E-state index >= 15 is 0 Å². The number of rotatable bonds is 4. The molecule has 0 spiro atoms. The van der Waals surface area contributed by atoms with E-state index in [2.05, 4.69) is 4.98 Å². The Balaban J connectivity index is 2.22. The molecule has 0 fully saturated rings. The van der Waals surface area contributed by atoms with E-state index in [0.717, 1.165) is 16.7 Å². The number of benzene rings is 2. The SMILES string of the molecule is O=[N+]([O-])c1ccccc1/C(=C/c1ccccc1)c1ccncc1. The van der Waals surface area contributed by atoms with Crippen molar-refractivity contribution in [1.29, 1.82) is 0 Å². The van der Waals surface area contributed by atoms with Gasteiger partial charge in [-0.15, -0.1) is 0 Å². The lowest BCUT2D eigenvalue weighted by Crippen LogP contribution is -1.96. The van der Waals surface area contributed by atoms with E-state index in [1.54, 1.807) is 24.5 Å². The maximum absolute atomic E-state index is 11.4. The van der Waals surface area contributed by atoms with Crippen LogP contribution in [-0.2, 0) is 0 Å². The maximum atomic E-state index is 11.4. The Morgan fingerprint density at radius 2 is 1.57 bits per heavy atom. The zero-order valence-electron chi connectivity index (χ0n) is 12.3. The highest BCUT2D eigenvalue weighted by molar-refractivity contribution is 5.94. The van der Waals surface area contributed by atoms with Gasteiger partial charge in [0, 0.05) is 18.5 Å². The fourth-order valence-corrected chi connectivity index (χ4v) is 2.42. The summed E-state index contributed by atoms with van der Waals surface area (Å²) in [6, 6.07) is 20.2. The predicted molar refractivity (Wildman–Crippen MR) is 90.7 cm³/mol. The molecule has 0 saturated carbocycles. The van der Waals surface area contributed by atoms with E-state index in [4.69, 9.17) is 0 Å². The fourth-order valence-electron chi connectivity index (χ4n) is 2.42. The molecule has 0 radical (unpaired) electrons. The summed E-state index contributed by atoms with van der Waals surface area (Å²) in [5.41, 5.74) is 3.35. The molecule has 0 aliphatic heterocycles. The van der Waals surface area contributed by atoms with Crippen molar-refractivity contribution in [3.63, 3.8) is 0 Å². The van der Waals surface area contributed by atoms with E-state index in [-0.39, 0.29) is 10.6 Å². The van der Waals surface area contributed by atoms with Crippen molar-refractivity contribution in [2.24, 2.45) is 0 Å². The minimum absolute atomic E-state index is 0.0893. The summed E-state index contributed by atoms with van der Waals surface area (Å²) in [4.78, 5) is 15.0. The van der Waals surface area contributed by atoms with E-state index in [1.807, 2.05) is 54.6 Å². The quantitative estimate of drug-likeness (QED) is 0.403. The number of aromatic nitrogens is 1. The second-order valence-corrected chi connectivity index (χ2v) is 4.98. The molecule has 3 rings (SSSR count). The third kappa shape index (κ3) is 3.32. The monoisotopic (exact) mass is 302 g/mol. The molecule has 112 valence electrons. The second kappa shape index (κ2) is 6.66. The van der Waals surface area contributed by atoms with Crippen LogP contribution < -0.4 is 0 Å². The van der Waals surface area contributed by atoms with Gasteiger partial charge in [0.2, 0.25) is 0 Å². The van der Waals surface area contributed by atoms with Crippen LogP contribution in [0.4, 0.5) is 5.69 Å². The number of nitrogens with zero attached hydrogens (tertiary/aromatic N) is 2. The van der Waals surface area contributed by atoms with Gasteiger partial charge in [-0.2, -0.15) is 0 Å². The van der Waals surface area contributed by atoms with Gasteiger partial charge in [-0.05, 0) is 41.0 Å². The topological polar surface area (TPSA) is 56.0 Å². The number of hydrogen-bond acceptors (Lipinski definition) is 3. The molecular formula is C19H14N2O2. The molecule has 0 amide bonds. The first-order valence-corrected chi connectivity index (χ1v) is 7.16. The van der Waals surface area contributed by atoms with Gasteiger partial charge < -0.3 is 0 Å². The zero-order chi connectivity index (χ0) is 16.1. The van der Waals surface area contributed by atoms with Crippen molar-refractivity contribution >= 4 is 17.3 Å². The Kier molecular flexibility index (Phi) is 4.25. The Morgan fingerprint density at radius 3 is 2.26 bits per heavy atom. The Hall–Kier alpha value is -3.27. The van der Waals surface area contributed by atoms with Crippen LogP contribution in [0.25, 0.3) is 11.6 Å². The smallest absolute Gasteiger partial charge is 0.265 e. The molecule has 23 heavy (non-hydrogen) atoms. The van der Waals surface area contributed by atoms with Crippen LogP contribution in [0.3, 0.4) is 0 Å². The first kappa shape index (κ1) is 14.7. The van der Waals surface area contributed by atoms with E-state index in [9.17, 15) is 10.1 Å². The third-order valence-corrected chi connectivity index (χ3v) is 3.49. The molecule has 0 aliphatic carbocycles. The molecule has 1 heterocycles. The minimum Gasteiger partial charge on any atom is -0.265 e. The van der Waals surface area contributed by atoms with Crippen LogP contribution in [0.1, 0.15) is 16.7 Å². The van der Waals surface area contributed by atoms with Gasteiger partial charge in [0.15, 0.2) is 0 Å². The van der Waals surface area contributed by atoms with Gasteiger partial charge >= 0.3 is 0 Å². The molecule has 4 heteroatoms. The summed E-state index contributed by atoms with van der Waals surface area (Å²) in [7, 11) is 0. The van der Waals surface area contributed by atoms with Crippen molar-refractivity contribution in [1.82, 2.24) is 4.98 Å². The van der Waals surface area contributed by atoms with Crippen molar-refractivity contribution in [3.8, 4) is 0 Å². The summed E-state index contributed by atoms with van der Waals surface area (Å²) in [5.74, 6) is 0. The predicted octanol–water partition coefficient (Wildman–Crippen LogP) is 4.58. The third-order valence-electron chi connectivity index (χ3n) is 3.49. The average molecular weight is 302 g/mol. The Morgan fingerprint density at radius 1 is 0.913 bits per heavy atom. The van der Waals surface area contributed by atoms with Crippen LogP contribution in [0.2, 0.25) is 0 Å². The van der Waals surface area contributed by atoms with E-state index in [1.165, 1.54) is 6.07 Å². The van der Waals surface area contributed by atoms with Gasteiger partial charge in [0.1, 0.15) is 0 Å². The van der Waals surface area contributed by atoms with Gasteiger partial charge in [-0.25, -0.2) is 0 Å². The molecule has 0 atom stereocenters. The molecule has 3 aromatic rings. The second-order valence-electron chi connectivity index (χ2n) is 4.98. The Labute approximate surface area is 133 Å². The first-order valence-electron chi connectivity index (χ1n) is 7.16. The number of nitro benzene ring substituents is 1. The lowest BCUT2D eigenvalue weighted by Gasteiger charge is -2.09. The van der Waals surface area contributed by atoms with Crippen LogP contribution in [0.5, 0.6) is 0 Å². The standard InChI is InChI=1S/C19H14N2O2/c22-21(23)19-9-5-4-8-17(19)18(16-10-12-20-13-11-16)14-15-6-2-1-3-7-15/h1-14H/b18-14+. The molecular weight excluding hydrogens is 288 g/mol. The van der Waals surface area contributed by atoms with Gasteiger partial charge in [0.05, 0.1) is 10.5 Å². The largest absolute Gasteiger partial charge is 0.277 e. The highest BCUT2D eigenvalue weighted by Gasteiger charge is 2.17. The van der Waals surface area contributed by atoms with Crippen molar-refractivity contribution < 1.29 is 4.92 Å². The van der Waals surface area contributed by atoms with Crippen LogP contribution in [0.15, 0.2) is 79.1 Å². The summed E-state index contributed by atoms with van der Waals surface area (Å²) >= 11 is 0. The lowest BCUT2D eigenvalue weighted by atomic mass is 9.95. The molecule has 0 N–H and O–H groups in total. The minimum atomic E-state index is -0.352. The molecule has 0 bridgehead atoms. The summed E-state index contributed by atoms with van der Waals surface area (Å²) in [6.07, 6.45) is 5.32. The number of para-hydroxylation sites is 1. The molecule has 4 nitrogen and oxygen atoms in total. The molecule has 2 aromatic carbocycles. The number of hydrogen-bond donors (Lipinski definition) is 0. The fraction of sp³-hybridized carbons (Fsp3) is 0. The molecule has 0 unspecified atom stereocenters. The van der Waals surface area contributed by atoms with Crippen molar-refractivity contribution in [2.75, 3.05) is 0 Å². The van der Waals surface area contributed by atoms with E-state index < -0.39 is 0 Å². The highest BCUT2D eigenvalue weighted by Crippen LogP contribution is 2.32. The van der Waals surface area contributed by atoms with Crippen molar-refractivity contribution in [2.45, 2.75) is 0 Å². The summed E-state index contributed by atoms with van der Waals surface area (Å²) in [6.45, 7) is 0. The normalized spacial score (nSPS) is 11.2. The maximum Gasteiger partial charge on any atom is 0.277 e. The lowest BCUT2D eigenvalue weighted by molar-refractivity contribution is -0.385. The first-order chi connectivity index (χ1) is 11.3. The average Bonchev–Trinajstić information content (AvgIpc) is 2.61. The highest BCUT2D eigenvalue weighted by atomic mass is 16.6.